The first kappa shape index (κ1) is 28.7. The second-order valence-corrected chi connectivity index (χ2v) is 10.8. The quantitative estimate of drug-likeness (QED) is 0.538. The smallest absolute Gasteiger partial charge is 0.410 e. The molecule has 2 saturated heterocycles. The third-order valence-corrected chi connectivity index (χ3v) is 8.50. The van der Waals surface area contributed by atoms with Gasteiger partial charge in [0.25, 0.3) is 0 Å². The fourth-order valence-corrected chi connectivity index (χ4v) is 6.15. The molecule has 0 radical (unpaired) electrons. The molecule has 214 valence electrons. The number of nitrogens with one attached hydrogen (secondary N) is 1. The Labute approximate surface area is 231 Å². The molecule has 2 heterocycles. The Morgan fingerprint density at radius 1 is 0.949 bits per heavy atom. The second-order valence-electron chi connectivity index (χ2n) is 10.8. The molecule has 3 aliphatic rings. The van der Waals surface area contributed by atoms with Gasteiger partial charge in [-0.25, -0.2) is 9.59 Å². The van der Waals surface area contributed by atoms with Gasteiger partial charge in [-0.3, -0.25) is 14.5 Å². The van der Waals surface area contributed by atoms with Crippen molar-refractivity contribution in [3.05, 3.63) is 35.9 Å². The van der Waals surface area contributed by atoms with E-state index in [0.717, 1.165) is 37.7 Å². The molecule has 1 aliphatic carbocycles. The van der Waals surface area contributed by atoms with E-state index < -0.39 is 18.2 Å². The molecule has 0 aromatic heterocycles. The lowest BCUT2D eigenvalue weighted by Gasteiger charge is -2.35. The third-order valence-electron chi connectivity index (χ3n) is 8.50. The Morgan fingerprint density at radius 3 is 2.26 bits per heavy atom. The topological polar surface area (TPSA) is 108 Å². The van der Waals surface area contributed by atoms with E-state index >= 15 is 0 Å². The average Bonchev–Trinajstić information content (AvgIpc) is 3.57. The van der Waals surface area contributed by atoms with E-state index in [4.69, 9.17) is 9.47 Å². The molecule has 10 heteroatoms. The van der Waals surface area contributed by atoms with Crippen molar-refractivity contribution in [3.63, 3.8) is 0 Å². The van der Waals surface area contributed by atoms with Crippen LogP contribution in [0.1, 0.15) is 64.4 Å². The van der Waals surface area contributed by atoms with Gasteiger partial charge in [0, 0.05) is 20.1 Å². The Kier molecular flexibility index (Phi) is 9.69. The SMILES string of the molecule is CCOC(=O)N(C)[C@@H](C)C(=O)N[C@H](C(=O)N1CC[C@@H]2[C@H]1CCN2C(=O)OCc1ccccc1)C1CCCCC1. The summed E-state index contributed by atoms with van der Waals surface area (Å²) in [6.45, 7) is 4.85. The predicted octanol–water partition coefficient (Wildman–Crippen LogP) is 3.54. The van der Waals surface area contributed by atoms with E-state index in [-0.39, 0.29) is 49.1 Å². The first-order chi connectivity index (χ1) is 18.8. The Hall–Kier alpha value is -3.30. The van der Waals surface area contributed by atoms with Gasteiger partial charge in [0.05, 0.1) is 18.7 Å². The van der Waals surface area contributed by atoms with Crippen LogP contribution in [0.5, 0.6) is 0 Å². The number of ether oxygens (including phenoxy) is 2. The fraction of sp³-hybridized carbons (Fsp3) is 0.655. The molecule has 4 rings (SSSR count). The van der Waals surface area contributed by atoms with Crippen molar-refractivity contribution >= 4 is 24.0 Å². The third kappa shape index (κ3) is 6.65. The number of nitrogens with zero attached hydrogens (tertiary/aromatic N) is 3. The number of benzene rings is 1. The monoisotopic (exact) mass is 542 g/mol. The van der Waals surface area contributed by atoms with Gasteiger partial charge in [-0.2, -0.15) is 0 Å². The Morgan fingerprint density at radius 2 is 1.59 bits per heavy atom. The summed E-state index contributed by atoms with van der Waals surface area (Å²) in [5, 5.41) is 3.01. The molecular formula is C29H42N4O6. The van der Waals surface area contributed by atoms with Crippen LogP contribution in [-0.4, -0.2) is 89.6 Å². The summed E-state index contributed by atoms with van der Waals surface area (Å²) in [6.07, 6.45) is 5.36. The van der Waals surface area contributed by atoms with Gasteiger partial charge in [0.15, 0.2) is 0 Å². The summed E-state index contributed by atoms with van der Waals surface area (Å²) in [7, 11) is 1.52. The molecule has 1 N–H and O–H groups in total. The van der Waals surface area contributed by atoms with Crippen molar-refractivity contribution in [2.45, 2.75) is 89.6 Å². The highest BCUT2D eigenvalue weighted by Crippen LogP contribution is 2.35. The summed E-state index contributed by atoms with van der Waals surface area (Å²) < 4.78 is 10.6. The van der Waals surface area contributed by atoms with Crippen molar-refractivity contribution in [3.8, 4) is 0 Å². The van der Waals surface area contributed by atoms with E-state index in [9.17, 15) is 19.2 Å². The van der Waals surface area contributed by atoms with Crippen molar-refractivity contribution in [1.29, 1.82) is 0 Å². The van der Waals surface area contributed by atoms with E-state index in [1.165, 1.54) is 11.9 Å². The van der Waals surface area contributed by atoms with Crippen LogP contribution < -0.4 is 5.32 Å². The summed E-state index contributed by atoms with van der Waals surface area (Å²) in [5.41, 5.74) is 0.929. The molecule has 1 saturated carbocycles. The number of amides is 4. The highest BCUT2D eigenvalue weighted by Gasteiger charge is 2.49. The zero-order chi connectivity index (χ0) is 27.9. The van der Waals surface area contributed by atoms with Gasteiger partial charge >= 0.3 is 12.2 Å². The number of likely N-dealkylation sites (N-methyl/N-ethyl adjacent to an activating group) is 1. The van der Waals surface area contributed by atoms with Gasteiger partial charge in [-0.1, -0.05) is 49.6 Å². The molecule has 39 heavy (non-hydrogen) atoms. The maximum absolute atomic E-state index is 14.0. The Bertz CT molecular complexity index is 1010. The molecular weight excluding hydrogens is 500 g/mol. The standard InChI is InChI=1S/C29H42N4O6/c1-4-38-28(36)31(3)20(2)26(34)30-25(22-13-9-6-10-14-22)27(35)32-17-15-24-23(32)16-18-33(24)29(37)39-19-21-11-7-5-8-12-21/h5,7-8,11-12,20,22-25H,4,6,9-10,13-19H2,1-3H3,(H,30,34)/t20-,23+,24+,25-/m0/s1. The largest absolute Gasteiger partial charge is 0.450 e. The second kappa shape index (κ2) is 13.2. The minimum absolute atomic E-state index is 0.0442. The van der Waals surface area contributed by atoms with E-state index in [2.05, 4.69) is 5.32 Å². The minimum atomic E-state index is -0.782. The van der Waals surface area contributed by atoms with Gasteiger partial charge in [-0.05, 0) is 51.0 Å². The average molecular weight is 543 g/mol. The predicted molar refractivity (Wildman–Crippen MR) is 145 cm³/mol. The van der Waals surface area contributed by atoms with E-state index in [1.807, 2.05) is 35.2 Å². The van der Waals surface area contributed by atoms with Crippen LogP contribution >= 0.6 is 0 Å². The lowest BCUT2D eigenvalue weighted by Crippen LogP contribution is -2.57. The molecule has 3 fully saturated rings. The number of likely N-dealkylation sites (tertiary alicyclic amines) is 2. The van der Waals surface area contributed by atoms with Crippen molar-refractivity contribution in [2.75, 3.05) is 26.7 Å². The molecule has 0 unspecified atom stereocenters. The van der Waals surface area contributed by atoms with Crippen LogP contribution in [0, 0.1) is 5.92 Å². The number of hydrogen-bond acceptors (Lipinski definition) is 6. The first-order valence-corrected chi connectivity index (χ1v) is 14.3. The van der Waals surface area contributed by atoms with Crippen LogP contribution in [0.25, 0.3) is 0 Å². The normalized spacial score (nSPS) is 22.5. The lowest BCUT2D eigenvalue weighted by atomic mass is 9.83. The summed E-state index contributed by atoms with van der Waals surface area (Å²) >= 11 is 0. The molecule has 1 aromatic rings. The highest BCUT2D eigenvalue weighted by molar-refractivity contribution is 5.91. The van der Waals surface area contributed by atoms with E-state index in [0.29, 0.717) is 25.9 Å². The Balaban J connectivity index is 1.41. The lowest BCUT2D eigenvalue weighted by molar-refractivity contribution is -0.140. The fourth-order valence-electron chi connectivity index (χ4n) is 6.15. The van der Waals surface area contributed by atoms with Crippen LogP contribution in [-0.2, 0) is 25.7 Å². The van der Waals surface area contributed by atoms with E-state index in [1.54, 1.807) is 18.7 Å². The number of carbonyl (C=O) groups is 4. The zero-order valence-electron chi connectivity index (χ0n) is 23.3. The van der Waals surface area contributed by atoms with Crippen LogP contribution in [0.15, 0.2) is 30.3 Å². The number of hydrogen-bond donors (Lipinski definition) is 1. The molecule has 1 aromatic carbocycles. The van der Waals surface area contributed by atoms with Gasteiger partial charge in [0.1, 0.15) is 18.7 Å². The van der Waals surface area contributed by atoms with Crippen LogP contribution in [0.3, 0.4) is 0 Å². The van der Waals surface area contributed by atoms with Crippen molar-refractivity contribution < 1.29 is 28.7 Å². The van der Waals surface area contributed by atoms with Crippen molar-refractivity contribution in [1.82, 2.24) is 20.0 Å². The number of fused-ring (bicyclic) bond motifs is 1. The molecule has 0 bridgehead atoms. The maximum Gasteiger partial charge on any atom is 0.410 e. The van der Waals surface area contributed by atoms with Crippen LogP contribution in [0.4, 0.5) is 9.59 Å². The van der Waals surface area contributed by atoms with Gasteiger partial charge in [0.2, 0.25) is 11.8 Å². The molecule has 4 atom stereocenters. The van der Waals surface area contributed by atoms with Crippen molar-refractivity contribution in [2.24, 2.45) is 5.92 Å². The van der Waals surface area contributed by atoms with Gasteiger partial charge < -0.3 is 24.6 Å². The van der Waals surface area contributed by atoms with Crippen LogP contribution in [0.2, 0.25) is 0 Å². The summed E-state index contributed by atoms with van der Waals surface area (Å²) in [5.74, 6) is -0.418. The molecule has 4 amide bonds. The molecule has 0 spiro atoms. The number of rotatable bonds is 8. The maximum atomic E-state index is 14.0. The van der Waals surface area contributed by atoms with Gasteiger partial charge in [-0.15, -0.1) is 0 Å². The molecule has 10 nitrogen and oxygen atoms in total. The summed E-state index contributed by atoms with van der Waals surface area (Å²) in [4.78, 5) is 57.2. The summed E-state index contributed by atoms with van der Waals surface area (Å²) in [6, 6.07) is 7.95. The highest BCUT2D eigenvalue weighted by atomic mass is 16.6. The minimum Gasteiger partial charge on any atom is -0.450 e. The first-order valence-electron chi connectivity index (χ1n) is 14.3. The zero-order valence-corrected chi connectivity index (χ0v) is 23.3. The number of carbonyl (C=O) groups excluding carboxylic acids is 4. The molecule has 2 aliphatic heterocycles.